The smallest absolute Gasteiger partial charge is 0.254 e. The fraction of sp³-hybridized carbons (Fsp3) is 0.533. The van der Waals surface area contributed by atoms with Crippen LogP contribution in [0.3, 0.4) is 0 Å². The van der Waals surface area contributed by atoms with E-state index in [-0.39, 0.29) is 30.5 Å². The first-order chi connectivity index (χ1) is 9.15. The fourth-order valence-corrected chi connectivity index (χ4v) is 2.78. The SMILES string of the molecule is CC1CN(C(=O)c2ccc3c(c2)CNC3)C(C)CO1.Cl. The van der Waals surface area contributed by atoms with Crippen LogP contribution in [0.2, 0.25) is 0 Å². The lowest BCUT2D eigenvalue weighted by Gasteiger charge is -2.36. The second kappa shape index (κ2) is 6.12. The lowest BCUT2D eigenvalue weighted by atomic mass is 10.0. The van der Waals surface area contributed by atoms with Crippen molar-refractivity contribution in [1.82, 2.24) is 10.2 Å². The van der Waals surface area contributed by atoms with E-state index in [2.05, 4.69) is 11.4 Å². The highest BCUT2D eigenvalue weighted by Crippen LogP contribution is 2.20. The number of morpholine rings is 1. The Labute approximate surface area is 125 Å². The summed E-state index contributed by atoms with van der Waals surface area (Å²) in [4.78, 5) is 14.5. The minimum atomic E-state index is 0. The molecule has 1 fully saturated rings. The minimum Gasteiger partial charge on any atom is -0.375 e. The van der Waals surface area contributed by atoms with Crippen molar-refractivity contribution in [1.29, 1.82) is 0 Å². The molecule has 3 rings (SSSR count). The lowest BCUT2D eigenvalue weighted by molar-refractivity contribution is -0.0387. The van der Waals surface area contributed by atoms with Crippen molar-refractivity contribution in [2.24, 2.45) is 0 Å². The zero-order valence-electron chi connectivity index (χ0n) is 11.9. The third-order valence-corrected chi connectivity index (χ3v) is 3.95. The van der Waals surface area contributed by atoms with Gasteiger partial charge >= 0.3 is 0 Å². The van der Waals surface area contributed by atoms with E-state index in [1.807, 2.05) is 30.9 Å². The van der Waals surface area contributed by atoms with Crippen molar-refractivity contribution in [2.75, 3.05) is 13.2 Å². The minimum absolute atomic E-state index is 0. The molecule has 0 radical (unpaired) electrons. The first kappa shape index (κ1) is 15.3. The third-order valence-electron chi connectivity index (χ3n) is 3.95. The van der Waals surface area contributed by atoms with Crippen molar-refractivity contribution >= 4 is 18.3 Å². The Hall–Kier alpha value is -1.10. The molecular formula is C15H21ClN2O2. The largest absolute Gasteiger partial charge is 0.375 e. The highest BCUT2D eigenvalue weighted by molar-refractivity contribution is 5.94. The molecule has 1 saturated heterocycles. The van der Waals surface area contributed by atoms with Gasteiger partial charge in [-0.25, -0.2) is 0 Å². The molecule has 1 aromatic rings. The van der Waals surface area contributed by atoms with Gasteiger partial charge in [0.15, 0.2) is 0 Å². The molecule has 1 amide bonds. The average Bonchev–Trinajstić information content (AvgIpc) is 2.88. The summed E-state index contributed by atoms with van der Waals surface area (Å²) in [5.41, 5.74) is 3.35. The van der Waals surface area contributed by atoms with Crippen LogP contribution in [0.4, 0.5) is 0 Å². The van der Waals surface area contributed by atoms with Gasteiger partial charge in [0.1, 0.15) is 0 Å². The summed E-state index contributed by atoms with van der Waals surface area (Å²) >= 11 is 0. The maximum absolute atomic E-state index is 12.6. The molecule has 2 aliphatic rings. The van der Waals surface area contributed by atoms with Gasteiger partial charge in [-0.05, 0) is 37.1 Å². The van der Waals surface area contributed by atoms with Gasteiger partial charge in [0.25, 0.3) is 5.91 Å². The molecule has 110 valence electrons. The Kier molecular flexibility index (Phi) is 4.68. The normalized spacial score (nSPS) is 25.0. The molecule has 4 nitrogen and oxygen atoms in total. The van der Waals surface area contributed by atoms with Crippen LogP contribution in [0.25, 0.3) is 0 Å². The highest BCUT2D eigenvalue weighted by Gasteiger charge is 2.28. The number of amides is 1. The summed E-state index contributed by atoms with van der Waals surface area (Å²) in [6.45, 7) is 7.13. The lowest BCUT2D eigenvalue weighted by Crippen LogP contribution is -2.50. The molecule has 2 atom stereocenters. The molecule has 2 aliphatic heterocycles. The number of nitrogens with one attached hydrogen (secondary N) is 1. The summed E-state index contributed by atoms with van der Waals surface area (Å²) in [5, 5.41) is 3.30. The van der Waals surface area contributed by atoms with E-state index < -0.39 is 0 Å². The number of rotatable bonds is 1. The molecule has 5 heteroatoms. The molecule has 0 aliphatic carbocycles. The fourth-order valence-electron chi connectivity index (χ4n) is 2.78. The zero-order valence-corrected chi connectivity index (χ0v) is 12.7. The van der Waals surface area contributed by atoms with Crippen LogP contribution in [-0.4, -0.2) is 36.1 Å². The molecule has 20 heavy (non-hydrogen) atoms. The number of nitrogens with zero attached hydrogens (tertiary/aromatic N) is 1. The number of carbonyl (C=O) groups excluding carboxylic acids is 1. The van der Waals surface area contributed by atoms with Gasteiger partial charge in [-0.2, -0.15) is 0 Å². The Morgan fingerprint density at radius 2 is 2.05 bits per heavy atom. The molecule has 1 aromatic carbocycles. The second-order valence-corrected chi connectivity index (χ2v) is 5.54. The number of fused-ring (bicyclic) bond motifs is 1. The molecule has 2 unspecified atom stereocenters. The van der Waals surface area contributed by atoms with Crippen LogP contribution in [0, 0.1) is 0 Å². The Balaban J connectivity index is 0.00000147. The first-order valence-electron chi connectivity index (χ1n) is 6.90. The highest BCUT2D eigenvalue weighted by atomic mass is 35.5. The van der Waals surface area contributed by atoms with Gasteiger partial charge in [0.2, 0.25) is 0 Å². The van der Waals surface area contributed by atoms with Crippen LogP contribution in [0.5, 0.6) is 0 Å². The number of halogens is 1. The predicted molar refractivity (Wildman–Crippen MR) is 80.1 cm³/mol. The maximum Gasteiger partial charge on any atom is 0.254 e. The number of benzene rings is 1. The van der Waals surface area contributed by atoms with Gasteiger partial charge in [0, 0.05) is 25.2 Å². The van der Waals surface area contributed by atoms with Crippen molar-refractivity contribution in [2.45, 2.75) is 39.1 Å². The Morgan fingerprint density at radius 1 is 1.30 bits per heavy atom. The van der Waals surface area contributed by atoms with Crippen molar-refractivity contribution in [3.63, 3.8) is 0 Å². The third kappa shape index (κ3) is 2.82. The van der Waals surface area contributed by atoms with E-state index in [0.29, 0.717) is 13.2 Å². The van der Waals surface area contributed by atoms with E-state index in [1.54, 1.807) is 0 Å². The average molecular weight is 297 g/mol. The number of hydrogen-bond donors (Lipinski definition) is 1. The molecule has 2 heterocycles. The summed E-state index contributed by atoms with van der Waals surface area (Å²) in [5.74, 6) is 0.123. The van der Waals surface area contributed by atoms with Crippen LogP contribution in [0.1, 0.15) is 35.3 Å². The van der Waals surface area contributed by atoms with Gasteiger partial charge in [-0.3, -0.25) is 4.79 Å². The van der Waals surface area contributed by atoms with Crippen molar-refractivity contribution < 1.29 is 9.53 Å². The molecular weight excluding hydrogens is 276 g/mol. The number of carbonyl (C=O) groups is 1. The van der Waals surface area contributed by atoms with Crippen LogP contribution in [-0.2, 0) is 17.8 Å². The van der Waals surface area contributed by atoms with Gasteiger partial charge < -0.3 is 15.0 Å². The van der Waals surface area contributed by atoms with Crippen molar-refractivity contribution in [3.8, 4) is 0 Å². The standard InChI is InChI=1S/C15H20N2O2.ClH/c1-10-9-19-11(2)8-17(10)15(18)12-3-4-13-6-16-7-14(13)5-12;/h3-5,10-11,16H,6-9H2,1-2H3;1H. The van der Waals surface area contributed by atoms with E-state index in [0.717, 1.165) is 18.7 Å². The quantitative estimate of drug-likeness (QED) is 0.861. The monoisotopic (exact) mass is 296 g/mol. The molecule has 0 bridgehead atoms. The molecule has 1 N–H and O–H groups in total. The van der Waals surface area contributed by atoms with Crippen LogP contribution >= 0.6 is 12.4 Å². The Bertz CT molecular complexity index is 507. The second-order valence-electron chi connectivity index (χ2n) is 5.54. The van der Waals surface area contributed by atoms with E-state index in [4.69, 9.17) is 4.74 Å². The van der Waals surface area contributed by atoms with Crippen LogP contribution < -0.4 is 5.32 Å². The summed E-state index contributed by atoms with van der Waals surface area (Å²) in [6, 6.07) is 6.19. The van der Waals surface area contributed by atoms with Gasteiger partial charge in [-0.15, -0.1) is 12.4 Å². The zero-order chi connectivity index (χ0) is 13.4. The van der Waals surface area contributed by atoms with Gasteiger partial charge in [0.05, 0.1) is 18.8 Å². The van der Waals surface area contributed by atoms with Crippen molar-refractivity contribution in [3.05, 3.63) is 34.9 Å². The van der Waals surface area contributed by atoms with Crippen LogP contribution in [0.15, 0.2) is 18.2 Å². The Morgan fingerprint density at radius 3 is 2.85 bits per heavy atom. The predicted octanol–water partition coefficient (Wildman–Crippen LogP) is 1.96. The van der Waals surface area contributed by atoms with E-state index in [9.17, 15) is 4.79 Å². The summed E-state index contributed by atoms with van der Waals surface area (Å²) in [7, 11) is 0. The molecule has 0 saturated carbocycles. The van der Waals surface area contributed by atoms with E-state index >= 15 is 0 Å². The number of hydrogen-bond acceptors (Lipinski definition) is 3. The topological polar surface area (TPSA) is 41.6 Å². The first-order valence-corrected chi connectivity index (χ1v) is 6.90. The van der Waals surface area contributed by atoms with Gasteiger partial charge in [-0.1, -0.05) is 6.07 Å². The van der Waals surface area contributed by atoms with E-state index in [1.165, 1.54) is 11.1 Å². The molecule has 0 aromatic heterocycles. The summed E-state index contributed by atoms with van der Waals surface area (Å²) < 4.78 is 5.58. The molecule has 0 spiro atoms. The maximum atomic E-state index is 12.6. The number of ether oxygens (including phenoxy) is 1. The summed E-state index contributed by atoms with van der Waals surface area (Å²) in [6.07, 6.45) is 0.122.